The number of carbonyl (C=O) groups excluding carboxylic acids is 1. The molecule has 2 atom stereocenters. The zero-order valence-corrected chi connectivity index (χ0v) is 18.2. The van der Waals surface area contributed by atoms with Crippen molar-refractivity contribution in [2.75, 3.05) is 13.2 Å². The van der Waals surface area contributed by atoms with Crippen LogP contribution in [0.15, 0.2) is 42.5 Å². The topological polar surface area (TPSA) is 41.6 Å². The van der Waals surface area contributed by atoms with Gasteiger partial charge >= 0.3 is 0 Å². The molecule has 1 amide bonds. The van der Waals surface area contributed by atoms with E-state index in [1.165, 1.54) is 16.7 Å². The molecule has 0 saturated heterocycles. The van der Waals surface area contributed by atoms with Crippen molar-refractivity contribution in [3.8, 4) is 18.1 Å². The van der Waals surface area contributed by atoms with Crippen molar-refractivity contribution in [2.45, 2.75) is 51.2 Å². The zero-order chi connectivity index (χ0) is 22.7. The van der Waals surface area contributed by atoms with Crippen LogP contribution < -0.4 is 10.1 Å². The van der Waals surface area contributed by atoms with Gasteiger partial charge in [-0.2, -0.15) is 0 Å². The van der Waals surface area contributed by atoms with Crippen molar-refractivity contribution in [1.29, 1.82) is 0 Å². The number of amides is 1. The molecule has 4 rings (SSSR count). The minimum absolute atomic E-state index is 0.0623. The molecule has 168 valence electrons. The molecule has 1 fully saturated rings. The van der Waals surface area contributed by atoms with E-state index in [2.05, 4.69) is 28.3 Å². The number of nitrogens with one attached hydrogen (secondary N) is 1. The molecule has 32 heavy (non-hydrogen) atoms. The van der Waals surface area contributed by atoms with Gasteiger partial charge in [-0.25, -0.2) is 8.78 Å². The summed E-state index contributed by atoms with van der Waals surface area (Å²) in [6.07, 6.45) is 6.11. The first kappa shape index (κ1) is 22.3. The van der Waals surface area contributed by atoms with Crippen LogP contribution in [0.2, 0.25) is 0 Å². The van der Waals surface area contributed by atoms with Crippen LogP contribution >= 0.6 is 0 Å². The first-order valence-electron chi connectivity index (χ1n) is 11.0. The van der Waals surface area contributed by atoms with Crippen molar-refractivity contribution in [1.82, 2.24) is 10.2 Å². The highest BCUT2D eigenvalue weighted by Crippen LogP contribution is 2.48. The highest BCUT2D eigenvalue weighted by molar-refractivity contribution is 5.78. The number of rotatable bonds is 8. The highest BCUT2D eigenvalue weighted by atomic mass is 19.3. The fourth-order valence-electron chi connectivity index (χ4n) is 4.10. The number of fused-ring (bicyclic) bond motifs is 1. The monoisotopic (exact) mass is 438 g/mol. The molecule has 0 aromatic heterocycles. The van der Waals surface area contributed by atoms with Gasteiger partial charge in [0, 0.05) is 26.1 Å². The molecule has 1 aliphatic heterocycles. The summed E-state index contributed by atoms with van der Waals surface area (Å²) in [5.41, 5.74) is 4.74. The second-order valence-corrected chi connectivity index (χ2v) is 8.78. The normalized spacial score (nSPS) is 20.0. The predicted octanol–water partition coefficient (Wildman–Crippen LogP) is 4.48. The summed E-state index contributed by atoms with van der Waals surface area (Å²) in [6.45, 7) is 4.64. The lowest BCUT2D eigenvalue weighted by Crippen LogP contribution is -2.30. The fourth-order valence-corrected chi connectivity index (χ4v) is 4.10. The molecule has 0 bridgehead atoms. The first-order valence-corrected chi connectivity index (χ1v) is 11.0. The number of benzene rings is 2. The van der Waals surface area contributed by atoms with Crippen molar-refractivity contribution in [2.24, 2.45) is 5.92 Å². The summed E-state index contributed by atoms with van der Waals surface area (Å²) in [7, 11) is 0. The Morgan fingerprint density at radius 1 is 1.28 bits per heavy atom. The van der Waals surface area contributed by atoms with E-state index in [1.807, 2.05) is 37.3 Å². The second-order valence-electron chi connectivity index (χ2n) is 8.78. The van der Waals surface area contributed by atoms with E-state index in [1.54, 1.807) is 0 Å². The molecule has 2 aromatic carbocycles. The van der Waals surface area contributed by atoms with Gasteiger partial charge < -0.3 is 10.1 Å². The zero-order valence-electron chi connectivity index (χ0n) is 18.2. The number of ether oxygens (including phenoxy) is 1. The van der Waals surface area contributed by atoms with Gasteiger partial charge in [0.1, 0.15) is 5.75 Å². The second kappa shape index (κ2) is 9.30. The fraction of sp³-hybridized carbons (Fsp3) is 0.423. The SMILES string of the molecule is C#CCC(=O)N[C@@H](C)c1ccc(CN2CCc3cc(OCC4CC4(F)F)ccc3C2)cc1. The van der Waals surface area contributed by atoms with Gasteiger partial charge in [0.05, 0.1) is 25.0 Å². The summed E-state index contributed by atoms with van der Waals surface area (Å²) in [5, 5.41) is 2.90. The summed E-state index contributed by atoms with van der Waals surface area (Å²) in [4.78, 5) is 14.1. The van der Waals surface area contributed by atoms with Gasteiger partial charge in [-0.05, 0) is 47.7 Å². The predicted molar refractivity (Wildman–Crippen MR) is 119 cm³/mol. The van der Waals surface area contributed by atoms with E-state index in [4.69, 9.17) is 11.2 Å². The molecule has 2 aliphatic rings. The number of hydrogen-bond donors (Lipinski definition) is 1. The Bertz CT molecular complexity index is 1010. The standard InChI is InChI=1S/C26H28F2N2O2/c1-3-4-25(31)29-18(2)20-7-5-19(6-8-20)15-30-12-11-21-13-24(10-9-22(21)16-30)32-17-23-14-26(23,27)28/h1,5-10,13,18,23H,4,11-12,14-17H2,2H3,(H,29,31)/t18-,23?/m0/s1. The Morgan fingerprint density at radius 2 is 2.03 bits per heavy atom. The molecular formula is C26H28F2N2O2. The number of alkyl halides is 2. The van der Waals surface area contributed by atoms with E-state index in [0.717, 1.165) is 31.6 Å². The van der Waals surface area contributed by atoms with E-state index in [0.29, 0.717) is 5.75 Å². The molecule has 0 radical (unpaired) electrons. The average Bonchev–Trinajstić information content (AvgIpc) is 3.39. The molecule has 2 aromatic rings. The maximum Gasteiger partial charge on any atom is 0.255 e. The van der Waals surface area contributed by atoms with Crippen LogP contribution in [0.4, 0.5) is 8.78 Å². The van der Waals surface area contributed by atoms with Gasteiger partial charge in [0.25, 0.3) is 5.92 Å². The molecule has 1 N–H and O–H groups in total. The Morgan fingerprint density at radius 3 is 2.72 bits per heavy atom. The molecule has 6 heteroatoms. The maximum atomic E-state index is 13.0. The lowest BCUT2D eigenvalue weighted by molar-refractivity contribution is -0.120. The van der Waals surface area contributed by atoms with Crippen molar-refractivity contribution in [3.63, 3.8) is 0 Å². The number of nitrogens with zero attached hydrogens (tertiary/aromatic N) is 1. The quantitative estimate of drug-likeness (QED) is 0.618. The van der Waals surface area contributed by atoms with Crippen LogP contribution in [0.5, 0.6) is 5.75 Å². The molecule has 4 nitrogen and oxygen atoms in total. The molecule has 1 heterocycles. The summed E-state index contributed by atoms with van der Waals surface area (Å²) in [6, 6.07) is 14.1. The van der Waals surface area contributed by atoms with Gasteiger partial charge in [-0.1, -0.05) is 36.3 Å². The number of terminal acetylenes is 1. The van der Waals surface area contributed by atoms with Gasteiger partial charge in [0.15, 0.2) is 0 Å². The van der Waals surface area contributed by atoms with Gasteiger partial charge in [0.2, 0.25) is 5.91 Å². The Labute approximate surface area is 188 Å². The Kier molecular flexibility index (Phi) is 6.48. The van der Waals surface area contributed by atoms with Crippen molar-refractivity contribution < 1.29 is 18.3 Å². The maximum absolute atomic E-state index is 13.0. The average molecular weight is 439 g/mol. The molecule has 1 saturated carbocycles. The third-order valence-corrected chi connectivity index (χ3v) is 6.20. The number of carbonyl (C=O) groups is 1. The lowest BCUT2D eigenvalue weighted by Gasteiger charge is -2.29. The largest absolute Gasteiger partial charge is 0.493 e. The highest BCUT2D eigenvalue weighted by Gasteiger charge is 2.57. The number of hydrogen-bond acceptors (Lipinski definition) is 3. The third kappa shape index (κ3) is 5.46. The van der Waals surface area contributed by atoms with Crippen LogP contribution in [0.25, 0.3) is 0 Å². The van der Waals surface area contributed by atoms with Crippen LogP contribution in [0, 0.1) is 18.3 Å². The third-order valence-electron chi connectivity index (χ3n) is 6.20. The van der Waals surface area contributed by atoms with Crippen molar-refractivity contribution in [3.05, 3.63) is 64.7 Å². The minimum atomic E-state index is -2.54. The lowest BCUT2D eigenvalue weighted by atomic mass is 9.98. The smallest absolute Gasteiger partial charge is 0.255 e. The van der Waals surface area contributed by atoms with Crippen LogP contribution in [-0.4, -0.2) is 29.9 Å². The van der Waals surface area contributed by atoms with E-state index < -0.39 is 11.8 Å². The molecule has 1 aliphatic carbocycles. The van der Waals surface area contributed by atoms with Crippen molar-refractivity contribution >= 4 is 5.91 Å². The van der Waals surface area contributed by atoms with Crippen LogP contribution in [-0.2, 0) is 24.3 Å². The number of halogens is 2. The van der Waals surface area contributed by atoms with E-state index in [9.17, 15) is 13.6 Å². The van der Waals surface area contributed by atoms with E-state index in [-0.39, 0.29) is 31.4 Å². The van der Waals surface area contributed by atoms with Gasteiger partial charge in [-0.3, -0.25) is 9.69 Å². The minimum Gasteiger partial charge on any atom is -0.493 e. The summed E-state index contributed by atoms with van der Waals surface area (Å²) >= 11 is 0. The summed E-state index contributed by atoms with van der Waals surface area (Å²) in [5.74, 6) is -0.288. The summed E-state index contributed by atoms with van der Waals surface area (Å²) < 4.78 is 31.6. The first-order chi connectivity index (χ1) is 15.3. The Hall–Kier alpha value is -2.91. The molecular weight excluding hydrogens is 410 g/mol. The molecule has 0 spiro atoms. The van der Waals surface area contributed by atoms with Gasteiger partial charge in [-0.15, -0.1) is 6.42 Å². The molecule has 1 unspecified atom stereocenters. The van der Waals surface area contributed by atoms with Crippen LogP contribution in [0.3, 0.4) is 0 Å². The van der Waals surface area contributed by atoms with E-state index >= 15 is 0 Å². The van der Waals surface area contributed by atoms with Crippen LogP contribution in [0.1, 0.15) is 48.1 Å². The Balaban J connectivity index is 1.29.